The maximum absolute atomic E-state index is 11.9. The Kier molecular flexibility index (Phi) is 6.61. The van der Waals surface area contributed by atoms with Gasteiger partial charge in [0.1, 0.15) is 5.75 Å². The molecule has 2 rings (SSSR count). The highest BCUT2D eigenvalue weighted by Gasteiger charge is 2.04. The molecule has 24 heavy (non-hydrogen) atoms. The number of ether oxygens (including phenoxy) is 1. The van der Waals surface area contributed by atoms with Gasteiger partial charge in [0.2, 0.25) is 5.91 Å². The molecule has 0 aliphatic rings. The number of aromatic nitrogens is 1. The topological polar surface area (TPSA) is 60.3 Å². The van der Waals surface area contributed by atoms with Crippen LogP contribution in [0.2, 0.25) is 0 Å². The van der Waals surface area contributed by atoms with Gasteiger partial charge in [0.25, 0.3) is 5.56 Å². The molecule has 0 saturated carbocycles. The van der Waals surface area contributed by atoms with Gasteiger partial charge >= 0.3 is 0 Å². The summed E-state index contributed by atoms with van der Waals surface area (Å²) in [7, 11) is 0. The van der Waals surface area contributed by atoms with E-state index in [0.717, 1.165) is 11.3 Å². The van der Waals surface area contributed by atoms with Gasteiger partial charge in [-0.05, 0) is 29.7 Å². The van der Waals surface area contributed by atoms with E-state index in [-0.39, 0.29) is 17.9 Å². The molecule has 1 amide bonds. The highest BCUT2D eigenvalue weighted by atomic mass is 16.5. The third kappa shape index (κ3) is 5.91. The molecule has 2 aromatic rings. The first-order valence-electron chi connectivity index (χ1n) is 8.18. The lowest BCUT2D eigenvalue weighted by molar-refractivity contribution is -0.121. The lowest BCUT2D eigenvalue weighted by Crippen LogP contribution is -2.26. The molecule has 5 heteroatoms. The minimum atomic E-state index is -0.0969. The van der Waals surface area contributed by atoms with Crippen molar-refractivity contribution >= 4 is 5.91 Å². The number of aryl methyl sites for hydroxylation is 1. The molecule has 0 spiro atoms. The molecular weight excluding hydrogens is 304 g/mol. The van der Waals surface area contributed by atoms with Crippen LogP contribution in [0.5, 0.6) is 5.75 Å². The van der Waals surface area contributed by atoms with Crippen molar-refractivity contribution in [2.75, 3.05) is 6.61 Å². The second-order valence-electron chi connectivity index (χ2n) is 6.11. The quantitative estimate of drug-likeness (QED) is 0.810. The predicted molar refractivity (Wildman–Crippen MR) is 93.9 cm³/mol. The van der Waals surface area contributed by atoms with E-state index in [1.165, 1.54) is 10.6 Å². The Morgan fingerprint density at radius 1 is 1.21 bits per heavy atom. The summed E-state index contributed by atoms with van der Waals surface area (Å²) in [6.07, 6.45) is 1.96. The van der Waals surface area contributed by atoms with E-state index in [9.17, 15) is 9.59 Å². The van der Waals surface area contributed by atoms with Crippen LogP contribution in [0, 0.1) is 5.92 Å². The molecule has 0 aliphatic carbocycles. The lowest BCUT2D eigenvalue weighted by Gasteiger charge is -2.11. The zero-order valence-electron chi connectivity index (χ0n) is 14.2. The molecule has 1 aromatic carbocycles. The maximum atomic E-state index is 11.9. The van der Waals surface area contributed by atoms with Crippen LogP contribution in [0.1, 0.15) is 25.8 Å². The highest BCUT2D eigenvalue weighted by Crippen LogP contribution is 2.14. The molecule has 0 bridgehead atoms. The lowest BCUT2D eigenvalue weighted by atomic mass is 10.2. The van der Waals surface area contributed by atoms with Crippen LogP contribution in [0.4, 0.5) is 0 Å². The van der Waals surface area contributed by atoms with Gasteiger partial charge in [-0.15, -0.1) is 0 Å². The Hall–Kier alpha value is -2.56. The van der Waals surface area contributed by atoms with Crippen molar-refractivity contribution in [3.8, 4) is 5.75 Å². The molecule has 0 saturated heterocycles. The summed E-state index contributed by atoms with van der Waals surface area (Å²) in [5, 5.41) is 2.87. The molecule has 1 N–H and O–H groups in total. The minimum Gasteiger partial charge on any atom is -0.493 e. The first-order chi connectivity index (χ1) is 11.5. The summed E-state index contributed by atoms with van der Waals surface area (Å²) in [6.45, 7) is 5.69. The average molecular weight is 328 g/mol. The van der Waals surface area contributed by atoms with Crippen molar-refractivity contribution in [1.29, 1.82) is 0 Å². The molecule has 1 aromatic heterocycles. The van der Waals surface area contributed by atoms with Crippen molar-refractivity contribution in [3.63, 3.8) is 0 Å². The molecule has 1 heterocycles. The van der Waals surface area contributed by atoms with Crippen LogP contribution in [0.3, 0.4) is 0 Å². The first-order valence-corrected chi connectivity index (χ1v) is 8.18. The largest absolute Gasteiger partial charge is 0.493 e. The Balaban J connectivity index is 1.80. The second-order valence-corrected chi connectivity index (χ2v) is 6.11. The Labute approximate surface area is 142 Å². The van der Waals surface area contributed by atoms with Crippen molar-refractivity contribution in [1.82, 2.24) is 9.88 Å². The summed E-state index contributed by atoms with van der Waals surface area (Å²) in [5.41, 5.74) is 0.891. The third-order valence-corrected chi connectivity index (χ3v) is 3.45. The van der Waals surface area contributed by atoms with Crippen molar-refractivity contribution in [2.24, 2.45) is 5.92 Å². The number of carbonyl (C=O) groups excluding carboxylic acids is 1. The number of hydrogen-bond donors (Lipinski definition) is 1. The Morgan fingerprint density at radius 2 is 2.04 bits per heavy atom. The molecule has 0 unspecified atom stereocenters. The van der Waals surface area contributed by atoms with E-state index in [0.29, 0.717) is 25.6 Å². The number of rotatable bonds is 8. The normalized spacial score (nSPS) is 10.6. The Morgan fingerprint density at radius 3 is 2.79 bits per heavy atom. The van der Waals surface area contributed by atoms with Gasteiger partial charge in [0, 0.05) is 31.8 Å². The van der Waals surface area contributed by atoms with Gasteiger partial charge in [-0.25, -0.2) is 0 Å². The number of carbonyl (C=O) groups is 1. The number of nitrogens with one attached hydrogen (secondary N) is 1. The molecule has 0 aliphatic heterocycles. The maximum Gasteiger partial charge on any atom is 0.250 e. The molecular formula is C19H24N2O3. The van der Waals surface area contributed by atoms with E-state index in [1.807, 2.05) is 24.3 Å². The van der Waals surface area contributed by atoms with Gasteiger partial charge in [0.05, 0.1) is 6.61 Å². The van der Waals surface area contributed by atoms with E-state index < -0.39 is 0 Å². The van der Waals surface area contributed by atoms with Gasteiger partial charge in [-0.3, -0.25) is 9.59 Å². The number of amides is 1. The van der Waals surface area contributed by atoms with Gasteiger partial charge in [0.15, 0.2) is 0 Å². The molecule has 0 atom stereocenters. The van der Waals surface area contributed by atoms with Crippen molar-refractivity contribution in [2.45, 2.75) is 33.4 Å². The number of pyridine rings is 1. The Bertz CT molecular complexity index is 722. The van der Waals surface area contributed by atoms with Crippen LogP contribution in [-0.4, -0.2) is 17.1 Å². The zero-order chi connectivity index (χ0) is 17.4. The van der Waals surface area contributed by atoms with E-state index >= 15 is 0 Å². The molecule has 5 nitrogen and oxygen atoms in total. The number of hydrogen-bond acceptors (Lipinski definition) is 3. The smallest absolute Gasteiger partial charge is 0.250 e. The second kappa shape index (κ2) is 8.91. The molecule has 0 fully saturated rings. The fourth-order valence-corrected chi connectivity index (χ4v) is 2.16. The van der Waals surface area contributed by atoms with Crippen LogP contribution >= 0.6 is 0 Å². The molecule has 0 radical (unpaired) electrons. The summed E-state index contributed by atoms with van der Waals surface area (Å²) < 4.78 is 7.21. The predicted octanol–water partition coefficient (Wildman–Crippen LogP) is 2.59. The highest BCUT2D eigenvalue weighted by molar-refractivity contribution is 5.75. The van der Waals surface area contributed by atoms with Crippen LogP contribution in [0.15, 0.2) is 53.5 Å². The SMILES string of the molecule is CC(C)COc1cccc(CNC(=O)CCn2ccccc2=O)c1. The van der Waals surface area contributed by atoms with E-state index in [2.05, 4.69) is 19.2 Å². The summed E-state index contributed by atoms with van der Waals surface area (Å²) >= 11 is 0. The summed E-state index contributed by atoms with van der Waals surface area (Å²) in [6, 6.07) is 12.7. The first kappa shape index (κ1) is 17.8. The summed E-state index contributed by atoms with van der Waals surface area (Å²) in [4.78, 5) is 23.5. The minimum absolute atomic E-state index is 0.0840. The van der Waals surface area contributed by atoms with E-state index in [1.54, 1.807) is 18.3 Å². The standard InChI is InChI=1S/C19H24N2O3/c1-15(2)14-24-17-7-5-6-16(12-17)13-20-18(22)9-11-21-10-4-3-8-19(21)23/h3-8,10,12,15H,9,11,13-14H2,1-2H3,(H,20,22). The number of benzene rings is 1. The van der Waals surface area contributed by atoms with Gasteiger partial charge in [-0.1, -0.05) is 32.0 Å². The van der Waals surface area contributed by atoms with Crippen LogP contribution in [-0.2, 0) is 17.9 Å². The van der Waals surface area contributed by atoms with Crippen molar-refractivity contribution < 1.29 is 9.53 Å². The third-order valence-electron chi connectivity index (χ3n) is 3.45. The monoisotopic (exact) mass is 328 g/mol. The van der Waals surface area contributed by atoms with E-state index in [4.69, 9.17) is 4.74 Å². The van der Waals surface area contributed by atoms with Gasteiger partial charge in [-0.2, -0.15) is 0 Å². The van der Waals surface area contributed by atoms with Crippen LogP contribution in [0.25, 0.3) is 0 Å². The fraction of sp³-hybridized carbons (Fsp3) is 0.368. The summed E-state index contributed by atoms with van der Waals surface area (Å²) in [5.74, 6) is 1.19. The fourth-order valence-electron chi connectivity index (χ4n) is 2.16. The molecule has 128 valence electrons. The van der Waals surface area contributed by atoms with Crippen molar-refractivity contribution in [3.05, 3.63) is 64.6 Å². The van der Waals surface area contributed by atoms with Gasteiger partial charge < -0.3 is 14.6 Å². The van der Waals surface area contributed by atoms with Crippen LogP contribution < -0.4 is 15.6 Å². The zero-order valence-corrected chi connectivity index (χ0v) is 14.2. The number of nitrogens with zero attached hydrogens (tertiary/aromatic N) is 1. The average Bonchev–Trinajstić information content (AvgIpc) is 2.58.